The van der Waals surface area contributed by atoms with E-state index in [9.17, 15) is 0 Å². The molecule has 2 N–H and O–H groups in total. The van der Waals surface area contributed by atoms with Crippen molar-refractivity contribution in [2.75, 3.05) is 62.9 Å². The van der Waals surface area contributed by atoms with E-state index in [1.54, 1.807) is 60.1 Å². The third kappa shape index (κ3) is 12.8. The van der Waals surface area contributed by atoms with Gasteiger partial charge in [-0.25, -0.2) is 0 Å². The van der Waals surface area contributed by atoms with Crippen LogP contribution < -0.4 is 21.0 Å². The molecule has 0 aromatic heterocycles. The van der Waals surface area contributed by atoms with Crippen LogP contribution in [0.2, 0.25) is 57.4 Å². The number of nitrogens with one attached hydrogen (secondary N) is 2. The van der Waals surface area contributed by atoms with E-state index >= 15 is 0 Å². The lowest BCUT2D eigenvalue weighted by molar-refractivity contribution is 0.114. The van der Waals surface area contributed by atoms with Gasteiger partial charge < -0.3 is 41.6 Å². The molecule has 0 aliphatic heterocycles. The van der Waals surface area contributed by atoms with Gasteiger partial charge in [0.2, 0.25) is 0 Å². The van der Waals surface area contributed by atoms with Gasteiger partial charge in [0, 0.05) is 55.6 Å². The molecule has 1 unspecified atom stereocenters. The van der Waals surface area contributed by atoms with E-state index in [0.29, 0.717) is 9.52 Å². The summed E-state index contributed by atoms with van der Waals surface area (Å²) in [6.45, 7) is 18.0. The van der Waals surface area contributed by atoms with Crippen LogP contribution in [0.3, 0.4) is 0 Å². The van der Waals surface area contributed by atoms with Gasteiger partial charge in [-0.2, -0.15) is 0 Å². The molecule has 0 aliphatic rings. The molecule has 0 saturated carbocycles. The first-order valence-corrected chi connectivity index (χ1v) is 29.2. The molecule has 0 fully saturated rings. The zero-order valence-corrected chi connectivity index (χ0v) is 36.8. The smallest absolute Gasteiger partial charge is 0.398 e. The van der Waals surface area contributed by atoms with Crippen molar-refractivity contribution in [2.24, 2.45) is 0 Å². The molecule has 0 amide bonds. The monoisotopic (exact) mass is 732 g/mol. The van der Waals surface area contributed by atoms with E-state index in [-0.39, 0.29) is 11.3 Å². The van der Waals surface area contributed by atoms with Crippen LogP contribution in [0.1, 0.15) is 36.4 Å². The zero-order chi connectivity index (χ0) is 34.3. The summed E-state index contributed by atoms with van der Waals surface area (Å²) in [5.74, 6) is 0.240. The highest BCUT2D eigenvalue weighted by Crippen LogP contribution is 2.31. The summed E-state index contributed by atoms with van der Waals surface area (Å²) < 4.78 is 40.9. The molecule has 1 aromatic rings. The first-order chi connectivity index (χ1) is 21.3. The number of aryl methyl sites for hydroxylation is 1. The van der Waals surface area contributed by atoms with Crippen molar-refractivity contribution in [2.45, 2.75) is 94.9 Å². The summed E-state index contributed by atoms with van der Waals surface area (Å²) in [6.07, 6.45) is 3.05. The fourth-order valence-electron chi connectivity index (χ4n) is 5.74. The van der Waals surface area contributed by atoms with Crippen LogP contribution in [-0.2, 0) is 37.4 Å². The Kier molecular flexibility index (Phi) is 20.4. The average Bonchev–Trinajstić information content (AvgIpc) is 3.04. The van der Waals surface area contributed by atoms with Crippen LogP contribution in [0.5, 0.6) is 0 Å². The zero-order valence-electron chi connectivity index (χ0n) is 30.8. The summed E-state index contributed by atoms with van der Waals surface area (Å²) in [5.41, 5.74) is 2.89. The molecule has 260 valence electrons. The van der Waals surface area contributed by atoms with E-state index in [4.69, 9.17) is 31.0 Å². The summed E-state index contributed by atoms with van der Waals surface area (Å²) in [7, 11) is 4.53. The maximum Gasteiger partial charge on any atom is 0.507 e. The van der Waals surface area contributed by atoms with Gasteiger partial charge in [-0.15, -0.1) is 0 Å². The van der Waals surface area contributed by atoms with E-state index in [1.807, 2.05) is 0 Å². The second-order valence-corrected chi connectivity index (χ2v) is 29.3. The predicted molar refractivity (Wildman–Crippen MR) is 200 cm³/mol. The molecule has 1 rings (SSSR count). The van der Waals surface area contributed by atoms with Crippen LogP contribution in [0.4, 0.5) is 0 Å². The van der Waals surface area contributed by atoms with E-state index in [0.717, 1.165) is 50.5 Å². The lowest BCUT2D eigenvalue weighted by Crippen LogP contribution is -2.54. The van der Waals surface area contributed by atoms with Crippen LogP contribution >= 0.6 is 0 Å². The minimum Gasteiger partial charge on any atom is -0.398 e. The maximum absolute atomic E-state index is 6.04. The van der Waals surface area contributed by atoms with Crippen LogP contribution in [0.25, 0.3) is 0 Å². The number of hydrogen-bond acceptors (Lipinski definition) is 9. The molecule has 9 nitrogen and oxygen atoms in total. The third-order valence-corrected chi connectivity index (χ3v) is 22.6. The number of hydrogen-bond donors (Lipinski definition) is 2. The highest BCUT2D eigenvalue weighted by molar-refractivity contribution is 6.82. The van der Waals surface area contributed by atoms with Gasteiger partial charge in [-0.05, 0) is 68.7 Å². The molecule has 15 heteroatoms. The third-order valence-electron chi connectivity index (χ3n) is 8.97. The highest BCUT2D eigenvalue weighted by atomic mass is 28.4. The van der Waals surface area contributed by atoms with E-state index < -0.39 is 43.5 Å². The van der Waals surface area contributed by atoms with Gasteiger partial charge in [0.1, 0.15) is 0 Å². The molecule has 0 saturated heterocycles. The topological polar surface area (TPSA) is 88.7 Å². The Morgan fingerprint density at radius 2 is 1.18 bits per heavy atom. The molecule has 0 spiro atoms. The Labute approximate surface area is 285 Å². The number of rotatable bonds is 25. The molecule has 0 heterocycles. The normalized spacial score (nSPS) is 13.9. The van der Waals surface area contributed by atoms with Crippen molar-refractivity contribution in [3.63, 3.8) is 0 Å². The van der Waals surface area contributed by atoms with Crippen molar-refractivity contribution in [3.05, 3.63) is 23.3 Å². The fraction of sp³-hybridized carbons (Fsp3) is 0.800. The molecule has 45 heavy (non-hydrogen) atoms. The minimum absolute atomic E-state index is 0.0548. The van der Waals surface area contributed by atoms with Crippen LogP contribution in [-0.4, -0.2) is 122 Å². The summed E-state index contributed by atoms with van der Waals surface area (Å²) in [5, 5.41) is 10.7. The Morgan fingerprint density at radius 3 is 1.56 bits per heavy atom. The molecule has 0 bridgehead atoms. The minimum atomic E-state index is -2.91. The van der Waals surface area contributed by atoms with Crippen molar-refractivity contribution in [3.8, 4) is 0 Å². The first-order valence-electron chi connectivity index (χ1n) is 16.1. The van der Waals surface area contributed by atoms with Gasteiger partial charge in [0.05, 0.1) is 32.7 Å². The second-order valence-electron chi connectivity index (χ2n) is 12.3. The standard InChI is InChI=1S/C30H64N2O7Si6/c1-25(45(37-6,38-7)39-8)28-26(17-18-27(41(9)10)29(28)42(11)12)19-22-40-30(31-20-15-23-43(13,33-2)34-3)32-21-16-24-44(14,35-4)36-5/h17-18,25,30-32H,15-16,19-24H2,1-14H3. The Morgan fingerprint density at radius 1 is 0.711 bits per heavy atom. The van der Waals surface area contributed by atoms with Crippen molar-refractivity contribution in [1.29, 1.82) is 0 Å². The molecule has 4 radical (unpaired) electrons. The quantitative estimate of drug-likeness (QED) is 0.0887. The van der Waals surface area contributed by atoms with E-state index in [2.05, 4.69) is 69.0 Å². The average molecular weight is 733 g/mol. The summed E-state index contributed by atoms with van der Waals surface area (Å²) >= 11 is 0. The first kappa shape index (κ1) is 43.2. The van der Waals surface area contributed by atoms with E-state index in [1.165, 1.54) is 11.1 Å². The van der Waals surface area contributed by atoms with Crippen LogP contribution in [0.15, 0.2) is 12.1 Å². The largest absolute Gasteiger partial charge is 0.507 e. The van der Waals surface area contributed by atoms with Gasteiger partial charge >= 0.3 is 25.9 Å². The van der Waals surface area contributed by atoms with Gasteiger partial charge in [0.15, 0.2) is 0 Å². The SMILES string of the molecule is CO[Si](C)(CCCNC(NCCC[Si](C)(OC)OC)[Si]CCc1ccc([Si](C)C)c([Si](C)C)c1C(C)[Si](OC)(OC)OC)OC. The summed E-state index contributed by atoms with van der Waals surface area (Å²) in [6, 6.07) is 7.81. The molecular formula is C30H64N2O7Si6. The lowest BCUT2D eigenvalue weighted by atomic mass is 10.0. The number of benzene rings is 1. The molecule has 1 atom stereocenters. The Hall–Kier alpha value is 0.161. The molecule has 1 aromatic carbocycles. The Bertz CT molecular complexity index is 933. The van der Waals surface area contributed by atoms with Gasteiger partial charge in [-0.3, -0.25) is 0 Å². The van der Waals surface area contributed by atoms with Crippen molar-refractivity contribution >= 4 is 63.4 Å². The molecular weight excluding hydrogens is 669 g/mol. The van der Waals surface area contributed by atoms with Crippen LogP contribution in [0, 0.1) is 0 Å². The summed E-state index contributed by atoms with van der Waals surface area (Å²) in [4.78, 5) is 0. The Balaban J connectivity index is 3.21. The van der Waals surface area contributed by atoms with Gasteiger partial charge in [0.25, 0.3) is 0 Å². The second kappa shape index (κ2) is 21.3. The highest BCUT2D eigenvalue weighted by Gasteiger charge is 2.47. The maximum atomic E-state index is 6.04. The van der Waals surface area contributed by atoms with Gasteiger partial charge in [-0.1, -0.05) is 61.7 Å². The lowest BCUT2D eigenvalue weighted by Gasteiger charge is -2.34. The van der Waals surface area contributed by atoms with Crippen molar-refractivity contribution in [1.82, 2.24) is 10.6 Å². The fourth-order valence-corrected chi connectivity index (χ4v) is 16.3. The van der Waals surface area contributed by atoms with Crippen molar-refractivity contribution < 1.29 is 31.0 Å². The molecule has 0 aliphatic carbocycles. The predicted octanol–water partition coefficient (Wildman–Crippen LogP) is 3.77.